The Morgan fingerprint density at radius 1 is 1.20 bits per heavy atom. The smallest absolute Gasteiger partial charge is 0.0480 e. The largest absolute Gasteiger partial charge is 0.385 e. The summed E-state index contributed by atoms with van der Waals surface area (Å²) in [6, 6.07) is 0. The molecule has 0 bridgehead atoms. The monoisotopic (exact) mass is 218 g/mol. The van der Waals surface area contributed by atoms with Gasteiger partial charge in [-0.3, -0.25) is 4.90 Å². The van der Waals surface area contributed by atoms with Crippen LogP contribution in [0.3, 0.4) is 0 Å². The summed E-state index contributed by atoms with van der Waals surface area (Å²) in [5, 5.41) is 0. The third-order valence-corrected chi connectivity index (χ3v) is 3.05. The summed E-state index contributed by atoms with van der Waals surface area (Å²) in [6.45, 7) is 5.39. The first-order valence-corrected chi connectivity index (χ1v) is 5.50. The fourth-order valence-electron chi connectivity index (χ4n) is 1.49. The standard InChI is InChI=1S/C11H26N2O2/c1-11(10-12,6-9-15-4)13(2)7-5-8-14-3/h5-10,12H2,1-4H3. The fraction of sp³-hybridized carbons (Fsp3) is 1.00. The molecular formula is C11H26N2O2. The van der Waals surface area contributed by atoms with E-state index in [1.54, 1.807) is 14.2 Å². The van der Waals surface area contributed by atoms with Crippen molar-refractivity contribution in [2.75, 3.05) is 47.6 Å². The van der Waals surface area contributed by atoms with E-state index < -0.39 is 0 Å². The van der Waals surface area contributed by atoms with E-state index in [0.717, 1.165) is 32.6 Å². The van der Waals surface area contributed by atoms with Crippen molar-refractivity contribution in [2.45, 2.75) is 25.3 Å². The van der Waals surface area contributed by atoms with Gasteiger partial charge in [-0.1, -0.05) is 0 Å². The lowest BCUT2D eigenvalue weighted by atomic mass is 9.96. The van der Waals surface area contributed by atoms with Gasteiger partial charge in [0.05, 0.1) is 0 Å². The number of rotatable bonds is 9. The Morgan fingerprint density at radius 3 is 2.27 bits per heavy atom. The lowest BCUT2D eigenvalue weighted by Crippen LogP contribution is -2.50. The predicted molar refractivity (Wildman–Crippen MR) is 63.1 cm³/mol. The first-order valence-electron chi connectivity index (χ1n) is 5.50. The van der Waals surface area contributed by atoms with E-state index in [-0.39, 0.29) is 5.54 Å². The molecule has 92 valence electrons. The van der Waals surface area contributed by atoms with Gasteiger partial charge in [0, 0.05) is 46.1 Å². The average molecular weight is 218 g/mol. The van der Waals surface area contributed by atoms with Crippen LogP contribution in [0, 0.1) is 0 Å². The Balaban J connectivity index is 3.99. The van der Waals surface area contributed by atoms with Crippen LogP contribution < -0.4 is 5.73 Å². The molecule has 0 fully saturated rings. The SMILES string of the molecule is COCCCN(C)C(C)(CN)CCOC. The molecule has 0 saturated heterocycles. The molecule has 0 aliphatic heterocycles. The van der Waals surface area contributed by atoms with Gasteiger partial charge in [-0.2, -0.15) is 0 Å². The number of hydrogen-bond donors (Lipinski definition) is 1. The van der Waals surface area contributed by atoms with Gasteiger partial charge < -0.3 is 15.2 Å². The van der Waals surface area contributed by atoms with Gasteiger partial charge in [0.25, 0.3) is 0 Å². The zero-order chi connectivity index (χ0) is 11.7. The second-order valence-corrected chi connectivity index (χ2v) is 4.21. The molecule has 4 nitrogen and oxygen atoms in total. The van der Waals surface area contributed by atoms with Crippen molar-refractivity contribution in [1.29, 1.82) is 0 Å². The van der Waals surface area contributed by atoms with Crippen LogP contribution in [0.15, 0.2) is 0 Å². The highest BCUT2D eigenvalue weighted by Gasteiger charge is 2.26. The summed E-state index contributed by atoms with van der Waals surface area (Å²) in [7, 11) is 5.56. The predicted octanol–water partition coefficient (Wildman–Crippen LogP) is 0.709. The van der Waals surface area contributed by atoms with Gasteiger partial charge in [-0.15, -0.1) is 0 Å². The molecular weight excluding hydrogens is 192 g/mol. The highest BCUT2D eigenvalue weighted by molar-refractivity contribution is 4.85. The number of hydrogen-bond acceptors (Lipinski definition) is 4. The Labute approximate surface area is 93.7 Å². The van der Waals surface area contributed by atoms with E-state index in [1.807, 2.05) is 0 Å². The summed E-state index contributed by atoms with van der Waals surface area (Å²) >= 11 is 0. The van der Waals surface area contributed by atoms with Gasteiger partial charge >= 0.3 is 0 Å². The average Bonchev–Trinajstić information content (AvgIpc) is 2.26. The summed E-state index contributed by atoms with van der Waals surface area (Å²) in [5.41, 5.74) is 5.86. The van der Waals surface area contributed by atoms with E-state index in [9.17, 15) is 0 Å². The van der Waals surface area contributed by atoms with Crippen LogP contribution >= 0.6 is 0 Å². The highest BCUT2D eigenvalue weighted by atomic mass is 16.5. The van der Waals surface area contributed by atoms with Crippen molar-refractivity contribution in [1.82, 2.24) is 4.90 Å². The van der Waals surface area contributed by atoms with E-state index in [0.29, 0.717) is 6.54 Å². The topological polar surface area (TPSA) is 47.7 Å². The van der Waals surface area contributed by atoms with Crippen LogP contribution in [0.4, 0.5) is 0 Å². The zero-order valence-corrected chi connectivity index (χ0v) is 10.6. The number of likely N-dealkylation sites (N-methyl/N-ethyl adjacent to an activating group) is 1. The molecule has 0 rings (SSSR count). The first kappa shape index (κ1) is 14.8. The van der Waals surface area contributed by atoms with Crippen LogP contribution in [0.25, 0.3) is 0 Å². The molecule has 0 aliphatic rings. The van der Waals surface area contributed by atoms with Gasteiger partial charge in [0.1, 0.15) is 0 Å². The van der Waals surface area contributed by atoms with Crippen molar-refractivity contribution in [3.63, 3.8) is 0 Å². The summed E-state index contributed by atoms with van der Waals surface area (Å²) in [6.07, 6.45) is 2.00. The third kappa shape index (κ3) is 5.47. The molecule has 1 atom stereocenters. The van der Waals surface area contributed by atoms with E-state index in [1.165, 1.54) is 0 Å². The fourth-order valence-corrected chi connectivity index (χ4v) is 1.49. The lowest BCUT2D eigenvalue weighted by molar-refractivity contribution is 0.0802. The molecule has 2 N–H and O–H groups in total. The molecule has 0 aromatic rings. The molecule has 4 heteroatoms. The number of methoxy groups -OCH3 is 2. The first-order chi connectivity index (χ1) is 7.10. The van der Waals surface area contributed by atoms with Gasteiger partial charge in [0.15, 0.2) is 0 Å². The molecule has 15 heavy (non-hydrogen) atoms. The van der Waals surface area contributed by atoms with Crippen molar-refractivity contribution >= 4 is 0 Å². The molecule has 0 radical (unpaired) electrons. The van der Waals surface area contributed by atoms with Crippen LogP contribution in [-0.4, -0.2) is 58.0 Å². The van der Waals surface area contributed by atoms with Crippen LogP contribution in [0.2, 0.25) is 0 Å². The highest BCUT2D eigenvalue weighted by Crippen LogP contribution is 2.16. The Bertz CT molecular complexity index is 156. The number of ether oxygens (including phenoxy) is 2. The Hall–Kier alpha value is -0.160. The minimum absolute atomic E-state index is 0.0315. The van der Waals surface area contributed by atoms with Gasteiger partial charge in [-0.05, 0) is 26.8 Å². The maximum Gasteiger partial charge on any atom is 0.0480 e. The molecule has 1 unspecified atom stereocenters. The number of nitrogens with two attached hydrogens (primary N) is 1. The molecule has 0 aromatic carbocycles. The molecule has 0 heterocycles. The van der Waals surface area contributed by atoms with Crippen molar-refractivity contribution in [3.8, 4) is 0 Å². The van der Waals surface area contributed by atoms with Crippen molar-refractivity contribution in [3.05, 3.63) is 0 Å². The maximum atomic E-state index is 5.82. The molecule has 0 aliphatic carbocycles. The Morgan fingerprint density at radius 2 is 1.80 bits per heavy atom. The lowest BCUT2D eigenvalue weighted by Gasteiger charge is -2.38. The van der Waals surface area contributed by atoms with E-state index >= 15 is 0 Å². The minimum atomic E-state index is 0.0315. The quantitative estimate of drug-likeness (QED) is 0.579. The summed E-state index contributed by atoms with van der Waals surface area (Å²) < 4.78 is 10.1. The molecule has 0 saturated carbocycles. The summed E-state index contributed by atoms with van der Waals surface area (Å²) in [5.74, 6) is 0. The normalized spacial score (nSPS) is 15.6. The third-order valence-electron chi connectivity index (χ3n) is 3.05. The molecule has 0 amide bonds. The molecule has 0 aromatic heterocycles. The second kappa shape index (κ2) is 8.05. The minimum Gasteiger partial charge on any atom is -0.385 e. The van der Waals surface area contributed by atoms with Gasteiger partial charge in [0.2, 0.25) is 0 Å². The Kier molecular flexibility index (Phi) is 7.96. The molecule has 0 spiro atoms. The maximum absolute atomic E-state index is 5.82. The number of nitrogens with zero attached hydrogens (tertiary/aromatic N) is 1. The van der Waals surface area contributed by atoms with Gasteiger partial charge in [-0.25, -0.2) is 0 Å². The van der Waals surface area contributed by atoms with E-state index in [4.69, 9.17) is 15.2 Å². The second-order valence-electron chi connectivity index (χ2n) is 4.21. The van der Waals surface area contributed by atoms with E-state index in [2.05, 4.69) is 18.9 Å². The van der Waals surface area contributed by atoms with Crippen molar-refractivity contribution < 1.29 is 9.47 Å². The summed E-state index contributed by atoms with van der Waals surface area (Å²) in [4.78, 5) is 2.30. The van der Waals surface area contributed by atoms with Crippen LogP contribution in [0.5, 0.6) is 0 Å². The van der Waals surface area contributed by atoms with Crippen LogP contribution in [-0.2, 0) is 9.47 Å². The zero-order valence-electron chi connectivity index (χ0n) is 10.6. The van der Waals surface area contributed by atoms with Crippen molar-refractivity contribution in [2.24, 2.45) is 5.73 Å². The van der Waals surface area contributed by atoms with Crippen LogP contribution in [0.1, 0.15) is 19.8 Å².